The van der Waals surface area contributed by atoms with Gasteiger partial charge in [0, 0.05) is 19.6 Å². The molecule has 0 heterocycles. The zero-order valence-corrected chi connectivity index (χ0v) is 11.9. The highest BCUT2D eigenvalue weighted by atomic mass is 35.5. The number of nitrogens with two attached hydrogens (primary N) is 1. The zero-order valence-electron chi connectivity index (χ0n) is 11.1. The molecule has 0 aromatic heterocycles. The third-order valence-corrected chi connectivity index (χ3v) is 4.28. The number of hydrogen-bond acceptors (Lipinski definition) is 2. The molecule has 0 aromatic carbocycles. The van der Waals surface area contributed by atoms with E-state index in [-0.39, 0.29) is 30.3 Å². The van der Waals surface area contributed by atoms with Gasteiger partial charge in [0.25, 0.3) is 0 Å². The van der Waals surface area contributed by atoms with Gasteiger partial charge in [-0.1, -0.05) is 13.8 Å². The number of hydrogen-bond donors (Lipinski definition) is 1. The van der Waals surface area contributed by atoms with E-state index in [1.807, 2.05) is 11.9 Å². The van der Waals surface area contributed by atoms with Crippen LogP contribution in [0, 0.1) is 23.7 Å². The van der Waals surface area contributed by atoms with E-state index in [0.717, 1.165) is 6.54 Å². The summed E-state index contributed by atoms with van der Waals surface area (Å²) in [6.07, 6.45) is 3.64. The van der Waals surface area contributed by atoms with Crippen LogP contribution in [0.5, 0.6) is 0 Å². The molecule has 2 rings (SSSR count). The van der Waals surface area contributed by atoms with E-state index in [1.165, 1.54) is 19.3 Å². The summed E-state index contributed by atoms with van der Waals surface area (Å²) in [4.78, 5) is 14.2. The Morgan fingerprint density at radius 2 is 1.94 bits per heavy atom. The maximum atomic E-state index is 12.3. The van der Waals surface area contributed by atoms with Crippen molar-refractivity contribution in [3.63, 3.8) is 0 Å². The highest BCUT2D eigenvalue weighted by molar-refractivity contribution is 5.85. The first kappa shape index (κ1) is 14.8. The molecule has 0 spiro atoms. The Labute approximate surface area is 111 Å². The topological polar surface area (TPSA) is 46.3 Å². The Morgan fingerprint density at radius 1 is 1.35 bits per heavy atom. The van der Waals surface area contributed by atoms with Crippen LogP contribution in [0.4, 0.5) is 0 Å². The lowest BCUT2D eigenvalue weighted by Gasteiger charge is -2.31. The van der Waals surface area contributed by atoms with E-state index < -0.39 is 0 Å². The minimum atomic E-state index is 0. The molecule has 100 valence electrons. The van der Waals surface area contributed by atoms with E-state index in [2.05, 4.69) is 13.8 Å². The Hall–Kier alpha value is -0.280. The number of nitrogens with zero attached hydrogens (tertiary/aromatic N) is 1. The molecule has 2 N–H and O–H groups in total. The highest BCUT2D eigenvalue weighted by Crippen LogP contribution is 2.48. The van der Waals surface area contributed by atoms with Crippen LogP contribution >= 0.6 is 12.4 Å². The van der Waals surface area contributed by atoms with Gasteiger partial charge in [-0.05, 0) is 37.0 Å². The summed E-state index contributed by atoms with van der Waals surface area (Å²) < 4.78 is 0. The first-order valence-electron chi connectivity index (χ1n) is 6.51. The normalized spacial score (nSPS) is 34.9. The molecule has 4 atom stereocenters. The first-order chi connectivity index (χ1) is 7.50. The van der Waals surface area contributed by atoms with E-state index in [9.17, 15) is 4.79 Å². The SMILES string of the molecule is CC(C)CN(C)C(=O)C1C2CCC(C2)C1N.Cl. The third-order valence-electron chi connectivity index (χ3n) is 4.28. The van der Waals surface area contributed by atoms with Gasteiger partial charge in [0.05, 0.1) is 5.92 Å². The van der Waals surface area contributed by atoms with Crippen LogP contribution in [-0.2, 0) is 4.79 Å². The average molecular weight is 261 g/mol. The van der Waals surface area contributed by atoms with Crippen LogP contribution in [0.15, 0.2) is 0 Å². The predicted octanol–water partition coefficient (Wildman–Crippen LogP) is 1.90. The molecule has 0 aliphatic heterocycles. The van der Waals surface area contributed by atoms with Crippen LogP contribution in [0.25, 0.3) is 0 Å². The molecule has 4 unspecified atom stereocenters. The molecule has 0 saturated heterocycles. The van der Waals surface area contributed by atoms with Crippen molar-refractivity contribution in [3.05, 3.63) is 0 Å². The van der Waals surface area contributed by atoms with Crippen molar-refractivity contribution in [1.82, 2.24) is 4.90 Å². The van der Waals surface area contributed by atoms with Crippen molar-refractivity contribution in [2.24, 2.45) is 29.4 Å². The van der Waals surface area contributed by atoms with Crippen molar-refractivity contribution in [2.45, 2.75) is 39.2 Å². The van der Waals surface area contributed by atoms with E-state index in [1.54, 1.807) is 0 Å². The van der Waals surface area contributed by atoms with Gasteiger partial charge in [0.2, 0.25) is 5.91 Å². The maximum Gasteiger partial charge on any atom is 0.227 e. The van der Waals surface area contributed by atoms with Crippen molar-refractivity contribution in [3.8, 4) is 0 Å². The number of amides is 1. The molecule has 2 bridgehead atoms. The largest absolute Gasteiger partial charge is 0.345 e. The monoisotopic (exact) mass is 260 g/mol. The van der Waals surface area contributed by atoms with Crippen LogP contribution < -0.4 is 5.73 Å². The van der Waals surface area contributed by atoms with Gasteiger partial charge in [-0.2, -0.15) is 0 Å². The molecule has 2 aliphatic carbocycles. The van der Waals surface area contributed by atoms with Crippen molar-refractivity contribution in [2.75, 3.05) is 13.6 Å². The second-order valence-electron chi connectivity index (χ2n) is 6.05. The summed E-state index contributed by atoms with van der Waals surface area (Å²) >= 11 is 0. The van der Waals surface area contributed by atoms with E-state index >= 15 is 0 Å². The molecular formula is C13H25ClN2O. The summed E-state index contributed by atoms with van der Waals surface area (Å²) in [6, 6.07) is 0.126. The molecule has 4 heteroatoms. The van der Waals surface area contributed by atoms with Crippen LogP contribution in [0.1, 0.15) is 33.1 Å². The zero-order chi connectivity index (χ0) is 11.9. The Kier molecular flexibility index (Phi) is 4.85. The van der Waals surface area contributed by atoms with Gasteiger partial charge in [0.1, 0.15) is 0 Å². The molecule has 0 radical (unpaired) electrons. The summed E-state index contributed by atoms with van der Waals surface area (Å²) in [5.41, 5.74) is 6.19. The lowest BCUT2D eigenvalue weighted by atomic mass is 9.84. The predicted molar refractivity (Wildman–Crippen MR) is 72.0 cm³/mol. The smallest absolute Gasteiger partial charge is 0.227 e. The molecular weight excluding hydrogens is 236 g/mol. The molecule has 1 amide bonds. The van der Waals surface area contributed by atoms with Crippen LogP contribution in [0.3, 0.4) is 0 Å². The van der Waals surface area contributed by atoms with Gasteiger partial charge in [-0.3, -0.25) is 4.79 Å². The summed E-state index contributed by atoms with van der Waals surface area (Å²) in [6.45, 7) is 5.13. The second kappa shape index (κ2) is 5.57. The number of halogens is 1. The Balaban J connectivity index is 0.00000144. The molecule has 17 heavy (non-hydrogen) atoms. The van der Waals surface area contributed by atoms with Crippen molar-refractivity contribution >= 4 is 18.3 Å². The van der Waals surface area contributed by atoms with Gasteiger partial charge in [-0.15, -0.1) is 12.4 Å². The summed E-state index contributed by atoms with van der Waals surface area (Å²) in [5, 5.41) is 0. The fourth-order valence-electron chi connectivity index (χ4n) is 3.59. The maximum absolute atomic E-state index is 12.3. The van der Waals surface area contributed by atoms with Gasteiger partial charge >= 0.3 is 0 Å². The van der Waals surface area contributed by atoms with Crippen molar-refractivity contribution < 1.29 is 4.79 Å². The third kappa shape index (κ3) is 2.76. The minimum absolute atomic E-state index is 0. The summed E-state index contributed by atoms with van der Waals surface area (Å²) in [5.74, 6) is 2.12. The summed E-state index contributed by atoms with van der Waals surface area (Å²) in [7, 11) is 1.92. The van der Waals surface area contributed by atoms with Gasteiger partial charge in [-0.25, -0.2) is 0 Å². The molecule has 2 fully saturated rings. The standard InChI is InChI=1S/C13H24N2O.ClH/c1-8(2)7-15(3)13(16)11-9-4-5-10(6-9)12(11)14;/h8-12H,4-7,14H2,1-3H3;1H. The van der Waals surface area contributed by atoms with Crippen LogP contribution in [-0.4, -0.2) is 30.4 Å². The average Bonchev–Trinajstić information content (AvgIpc) is 2.75. The minimum Gasteiger partial charge on any atom is -0.345 e. The highest BCUT2D eigenvalue weighted by Gasteiger charge is 2.49. The quantitative estimate of drug-likeness (QED) is 0.843. The molecule has 2 aliphatic rings. The van der Waals surface area contributed by atoms with E-state index in [4.69, 9.17) is 5.73 Å². The molecule has 3 nitrogen and oxygen atoms in total. The fourth-order valence-corrected chi connectivity index (χ4v) is 3.59. The molecule has 0 aromatic rings. The van der Waals surface area contributed by atoms with Crippen molar-refractivity contribution in [1.29, 1.82) is 0 Å². The van der Waals surface area contributed by atoms with E-state index in [0.29, 0.717) is 17.8 Å². The Morgan fingerprint density at radius 3 is 2.41 bits per heavy atom. The van der Waals surface area contributed by atoms with Gasteiger partial charge < -0.3 is 10.6 Å². The number of fused-ring (bicyclic) bond motifs is 2. The number of carbonyl (C=O) groups excluding carboxylic acids is 1. The second-order valence-corrected chi connectivity index (χ2v) is 6.05. The lowest BCUT2D eigenvalue weighted by molar-refractivity contribution is -0.136. The molecule has 2 saturated carbocycles. The lowest BCUT2D eigenvalue weighted by Crippen LogP contribution is -2.46. The number of rotatable bonds is 3. The van der Waals surface area contributed by atoms with Gasteiger partial charge in [0.15, 0.2) is 0 Å². The first-order valence-corrected chi connectivity index (χ1v) is 6.51. The van der Waals surface area contributed by atoms with Crippen LogP contribution in [0.2, 0.25) is 0 Å². The fraction of sp³-hybridized carbons (Fsp3) is 0.923. The Bertz CT molecular complexity index is 281. The number of carbonyl (C=O) groups is 1.